The second kappa shape index (κ2) is 4.86. The molecular formula is C12H12ClN3. The van der Waals surface area contributed by atoms with E-state index in [1.165, 1.54) is 0 Å². The van der Waals surface area contributed by atoms with Crippen LogP contribution in [-0.2, 0) is 6.54 Å². The number of nitrogens with one attached hydrogen (secondary N) is 1. The predicted molar refractivity (Wildman–Crippen MR) is 67.4 cm³/mol. The van der Waals surface area contributed by atoms with Gasteiger partial charge in [0, 0.05) is 17.8 Å². The van der Waals surface area contributed by atoms with Gasteiger partial charge in [-0.3, -0.25) is 4.98 Å². The van der Waals surface area contributed by atoms with Gasteiger partial charge < -0.3 is 11.1 Å². The van der Waals surface area contributed by atoms with Gasteiger partial charge in [-0.15, -0.1) is 0 Å². The molecule has 16 heavy (non-hydrogen) atoms. The van der Waals surface area contributed by atoms with Gasteiger partial charge in [0.05, 0.1) is 17.6 Å². The Bertz CT molecular complexity index is 440. The highest BCUT2D eigenvalue weighted by molar-refractivity contribution is 6.31. The molecule has 0 radical (unpaired) electrons. The summed E-state index contributed by atoms with van der Waals surface area (Å²) in [7, 11) is 0. The molecule has 0 saturated carbocycles. The van der Waals surface area contributed by atoms with Gasteiger partial charge >= 0.3 is 0 Å². The van der Waals surface area contributed by atoms with E-state index in [-0.39, 0.29) is 0 Å². The smallest absolute Gasteiger partial charge is 0.0736 e. The summed E-state index contributed by atoms with van der Waals surface area (Å²) in [5.41, 5.74) is 8.31. The summed E-state index contributed by atoms with van der Waals surface area (Å²) < 4.78 is 0. The molecule has 2 aromatic rings. The van der Waals surface area contributed by atoms with Crippen molar-refractivity contribution in [2.24, 2.45) is 0 Å². The van der Waals surface area contributed by atoms with E-state index in [4.69, 9.17) is 17.3 Å². The maximum Gasteiger partial charge on any atom is 0.0736 e. The van der Waals surface area contributed by atoms with Crippen LogP contribution in [-0.4, -0.2) is 4.98 Å². The second-order valence-electron chi connectivity index (χ2n) is 3.41. The molecule has 2 rings (SSSR count). The fraction of sp³-hybridized carbons (Fsp3) is 0.0833. The topological polar surface area (TPSA) is 50.9 Å². The Morgan fingerprint density at radius 3 is 2.81 bits per heavy atom. The van der Waals surface area contributed by atoms with Crippen LogP contribution in [0.3, 0.4) is 0 Å². The zero-order valence-electron chi connectivity index (χ0n) is 8.65. The molecule has 0 aliphatic heterocycles. The quantitative estimate of drug-likeness (QED) is 0.857. The highest BCUT2D eigenvalue weighted by atomic mass is 35.5. The van der Waals surface area contributed by atoms with E-state index in [1.807, 2.05) is 30.3 Å². The number of anilines is 2. The Kier molecular flexibility index (Phi) is 3.27. The summed E-state index contributed by atoms with van der Waals surface area (Å²) in [5, 5.41) is 3.97. The van der Waals surface area contributed by atoms with Crippen LogP contribution in [0.4, 0.5) is 11.4 Å². The maximum absolute atomic E-state index is 6.05. The van der Waals surface area contributed by atoms with E-state index in [1.54, 1.807) is 12.4 Å². The van der Waals surface area contributed by atoms with Crippen molar-refractivity contribution in [2.75, 3.05) is 11.1 Å². The van der Waals surface area contributed by atoms with Crippen molar-refractivity contribution in [3.05, 3.63) is 53.3 Å². The Morgan fingerprint density at radius 1 is 1.25 bits per heavy atom. The SMILES string of the molecule is Nc1cnccc1NCc1ccccc1Cl. The fourth-order valence-electron chi connectivity index (χ4n) is 1.40. The van der Waals surface area contributed by atoms with E-state index in [2.05, 4.69) is 10.3 Å². The molecule has 0 unspecified atom stereocenters. The molecule has 4 heteroatoms. The van der Waals surface area contributed by atoms with Crippen molar-refractivity contribution >= 4 is 23.0 Å². The molecule has 0 spiro atoms. The fourth-order valence-corrected chi connectivity index (χ4v) is 1.60. The molecule has 0 amide bonds. The lowest BCUT2D eigenvalue weighted by Crippen LogP contribution is -2.03. The standard InChI is InChI=1S/C12H12ClN3/c13-10-4-2-1-3-9(10)7-16-12-5-6-15-8-11(12)14/h1-6,8H,7,14H2,(H,15,16). The average Bonchev–Trinajstić information content (AvgIpc) is 2.30. The highest BCUT2D eigenvalue weighted by Gasteiger charge is 2.00. The van der Waals surface area contributed by atoms with E-state index in [9.17, 15) is 0 Å². The van der Waals surface area contributed by atoms with Crippen molar-refractivity contribution in [2.45, 2.75) is 6.54 Å². The molecule has 0 saturated heterocycles. The van der Waals surface area contributed by atoms with Gasteiger partial charge in [-0.1, -0.05) is 29.8 Å². The lowest BCUT2D eigenvalue weighted by atomic mass is 10.2. The lowest BCUT2D eigenvalue weighted by Gasteiger charge is -2.09. The number of nitrogens with zero attached hydrogens (tertiary/aromatic N) is 1. The Morgan fingerprint density at radius 2 is 2.06 bits per heavy atom. The molecule has 82 valence electrons. The van der Waals surface area contributed by atoms with Crippen molar-refractivity contribution < 1.29 is 0 Å². The number of pyridine rings is 1. The second-order valence-corrected chi connectivity index (χ2v) is 3.82. The Hall–Kier alpha value is -1.74. The van der Waals surface area contributed by atoms with Gasteiger partial charge in [0.25, 0.3) is 0 Å². The van der Waals surface area contributed by atoms with Crippen molar-refractivity contribution in [3.63, 3.8) is 0 Å². The van der Waals surface area contributed by atoms with Gasteiger partial charge in [0.2, 0.25) is 0 Å². The van der Waals surface area contributed by atoms with E-state index in [0.717, 1.165) is 16.3 Å². The van der Waals surface area contributed by atoms with Gasteiger partial charge in [-0.2, -0.15) is 0 Å². The molecule has 0 aliphatic carbocycles. The van der Waals surface area contributed by atoms with Crippen LogP contribution in [0.2, 0.25) is 5.02 Å². The van der Waals surface area contributed by atoms with Crippen molar-refractivity contribution in [3.8, 4) is 0 Å². The molecule has 1 heterocycles. The van der Waals surface area contributed by atoms with E-state index in [0.29, 0.717) is 12.2 Å². The molecule has 3 N–H and O–H groups in total. The first-order valence-corrected chi connectivity index (χ1v) is 5.32. The van der Waals surface area contributed by atoms with Gasteiger partial charge in [0.15, 0.2) is 0 Å². The first kappa shape index (κ1) is 10.8. The summed E-state index contributed by atoms with van der Waals surface area (Å²) in [6, 6.07) is 9.55. The minimum atomic E-state index is 0.634. The number of halogens is 1. The number of rotatable bonds is 3. The monoisotopic (exact) mass is 233 g/mol. The number of aromatic nitrogens is 1. The summed E-state index contributed by atoms with van der Waals surface area (Å²) >= 11 is 6.05. The Labute approximate surface area is 99.3 Å². The van der Waals surface area contributed by atoms with E-state index >= 15 is 0 Å². The third kappa shape index (κ3) is 2.44. The average molecular weight is 234 g/mol. The molecule has 3 nitrogen and oxygen atoms in total. The lowest BCUT2D eigenvalue weighted by molar-refractivity contribution is 1.14. The van der Waals surface area contributed by atoms with Crippen molar-refractivity contribution in [1.82, 2.24) is 4.98 Å². The third-order valence-corrected chi connectivity index (χ3v) is 2.65. The molecule has 1 aromatic carbocycles. The zero-order valence-corrected chi connectivity index (χ0v) is 9.41. The number of nitrogen functional groups attached to an aromatic ring is 1. The van der Waals surface area contributed by atoms with Gasteiger partial charge in [-0.05, 0) is 17.7 Å². The van der Waals surface area contributed by atoms with Gasteiger partial charge in [-0.25, -0.2) is 0 Å². The number of benzene rings is 1. The zero-order chi connectivity index (χ0) is 11.4. The molecule has 0 bridgehead atoms. The maximum atomic E-state index is 6.05. The van der Waals surface area contributed by atoms with Crippen LogP contribution in [0.5, 0.6) is 0 Å². The largest absolute Gasteiger partial charge is 0.396 e. The summed E-state index contributed by atoms with van der Waals surface area (Å²) in [5.74, 6) is 0. The van der Waals surface area contributed by atoms with Crippen LogP contribution in [0.25, 0.3) is 0 Å². The molecular weight excluding hydrogens is 222 g/mol. The highest BCUT2D eigenvalue weighted by Crippen LogP contribution is 2.19. The van der Waals surface area contributed by atoms with Crippen LogP contribution in [0.1, 0.15) is 5.56 Å². The minimum absolute atomic E-state index is 0.634. The Balaban J connectivity index is 2.09. The summed E-state index contributed by atoms with van der Waals surface area (Å²) in [4.78, 5) is 3.93. The van der Waals surface area contributed by atoms with Crippen LogP contribution >= 0.6 is 11.6 Å². The first-order valence-electron chi connectivity index (χ1n) is 4.94. The van der Waals surface area contributed by atoms with Crippen LogP contribution in [0.15, 0.2) is 42.7 Å². The van der Waals surface area contributed by atoms with Crippen molar-refractivity contribution in [1.29, 1.82) is 0 Å². The minimum Gasteiger partial charge on any atom is -0.396 e. The van der Waals surface area contributed by atoms with E-state index < -0.39 is 0 Å². The molecule has 0 fully saturated rings. The third-order valence-electron chi connectivity index (χ3n) is 2.28. The summed E-state index contributed by atoms with van der Waals surface area (Å²) in [6.07, 6.45) is 3.32. The number of hydrogen-bond acceptors (Lipinski definition) is 3. The number of hydrogen-bond donors (Lipinski definition) is 2. The normalized spacial score (nSPS) is 10.1. The molecule has 0 atom stereocenters. The predicted octanol–water partition coefficient (Wildman–Crippen LogP) is 2.93. The first-order chi connectivity index (χ1) is 7.77. The molecule has 1 aromatic heterocycles. The van der Waals surface area contributed by atoms with Crippen LogP contribution in [0, 0.1) is 0 Å². The van der Waals surface area contributed by atoms with Crippen LogP contribution < -0.4 is 11.1 Å². The summed E-state index contributed by atoms with van der Waals surface area (Å²) in [6.45, 7) is 0.647. The molecule has 0 aliphatic rings. The van der Waals surface area contributed by atoms with Gasteiger partial charge in [0.1, 0.15) is 0 Å². The number of nitrogens with two attached hydrogens (primary N) is 1.